The number of nitrogens with two attached hydrogens (primary N) is 1. The first-order valence-electron chi connectivity index (χ1n) is 3.53. The van der Waals surface area contributed by atoms with E-state index in [0.29, 0.717) is 0 Å². The molecule has 4 heteroatoms. The van der Waals surface area contributed by atoms with Crippen LogP contribution in [0.3, 0.4) is 0 Å². The highest BCUT2D eigenvalue weighted by molar-refractivity contribution is 5.81. The van der Waals surface area contributed by atoms with Crippen LogP contribution in [0.4, 0.5) is 0 Å². The Hall–Kier alpha value is -1.32. The summed E-state index contributed by atoms with van der Waals surface area (Å²) in [5.41, 5.74) is 0.945. The summed E-state index contributed by atoms with van der Waals surface area (Å²) in [6.45, 7) is 2.75. The highest BCUT2D eigenvalue weighted by Gasteiger charge is 1.92. The van der Waals surface area contributed by atoms with Crippen molar-refractivity contribution in [3.8, 4) is 0 Å². The molecule has 0 saturated heterocycles. The van der Waals surface area contributed by atoms with Crippen LogP contribution in [0.15, 0.2) is 23.6 Å². The lowest BCUT2D eigenvalue weighted by atomic mass is 10.3. The van der Waals surface area contributed by atoms with Gasteiger partial charge in [-0.05, 0) is 13.0 Å². The van der Waals surface area contributed by atoms with Crippen molar-refractivity contribution in [2.24, 2.45) is 10.9 Å². The zero-order chi connectivity index (χ0) is 8.10. The van der Waals surface area contributed by atoms with Gasteiger partial charge in [-0.15, -0.1) is 0 Å². The second kappa shape index (κ2) is 3.75. The van der Waals surface area contributed by atoms with E-state index in [9.17, 15) is 0 Å². The summed E-state index contributed by atoms with van der Waals surface area (Å²) in [4.78, 5) is 0. The fourth-order valence-electron chi connectivity index (χ4n) is 0.774. The van der Waals surface area contributed by atoms with Crippen LogP contribution < -0.4 is 5.84 Å². The minimum Gasteiger partial charge on any atom is -0.323 e. The van der Waals surface area contributed by atoms with Crippen LogP contribution in [-0.4, -0.2) is 15.5 Å². The van der Waals surface area contributed by atoms with Gasteiger partial charge in [-0.25, -0.2) is 0 Å². The molecule has 0 aromatic carbocycles. The van der Waals surface area contributed by atoms with Gasteiger partial charge in [0.15, 0.2) is 0 Å². The molecule has 0 aliphatic carbocycles. The smallest absolute Gasteiger partial charge is 0.0489 e. The van der Waals surface area contributed by atoms with Crippen molar-refractivity contribution in [1.82, 2.24) is 9.78 Å². The Balaban J connectivity index is 2.35. The van der Waals surface area contributed by atoms with Crippen LogP contribution in [0.2, 0.25) is 0 Å². The predicted octanol–water partition coefficient (Wildman–Crippen LogP) is 0.608. The van der Waals surface area contributed by atoms with Crippen LogP contribution in [0, 0.1) is 0 Å². The Labute approximate surface area is 65.7 Å². The summed E-state index contributed by atoms with van der Waals surface area (Å²) < 4.78 is 1.86. The molecule has 2 N–H and O–H groups in total. The average Bonchev–Trinajstić information content (AvgIpc) is 2.52. The maximum atomic E-state index is 5.07. The molecule has 11 heavy (non-hydrogen) atoms. The van der Waals surface area contributed by atoms with Gasteiger partial charge < -0.3 is 5.84 Å². The minimum atomic E-state index is 0.847. The molecule has 4 nitrogen and oxygen atoms in total. The fraction of sp³-hybridized carbons (Fsp3) is 0.429. The molecule has 60 valence electrons. The lowest BCUT2D eigenvalue weighted by Gasteiger charge is -1.98. The van der Waals surface area contributed by atoms with Gasteiger partial charge in [0.1, 0.15) is 0 Å². The topological polar surface area (TPSA) is 56.2 Å². The van der Waals surface area contributed by atoms with Gasteiger partial charge in [-0.1, -0.05) is 0 Å². The Morgan fingerprint density at radius 1 is 1.73 bits per heavy atom. The fourth-order valence-corrected chi connectivity index (χ4v) is 0.774. The normalized spacial score (nSPS) is 11.9. The summed E-state index contributed by atoms with van der Waals surface area (Å²) in [6.07, 6.45) is 4.54. The van der Waals surface area contributed by atoms with Crippen LogP contribution in [-0.2, 0) is 6.54 Å². The molecular formula is C7H12N4. The lowest BCUT2D eigenvalue weighted by molar-refractivity contribution is 0.633. The van der Waals surface area contributed by atoms with E-state index < -0.39 is 0 Å². The lowest BCUT2D eigenvalue weighted by Crippen LogP contribution is -2.04. The molecule has 0 radical (unpaired) electrons. The molecule has 0 atom stereocenters. The van der Waals surface area contributed by atoms with Gasteiger partial charge >= 0.3 is 0 Å². The number of nitrogens with zero attached hydrogens (tertiary/aromatic N) is 3. The van der Waals surface area contributed by atoms with E-state index in [1.165, 1.54) is 0 Å². The second-order valence-electron chi connectivity index (χ2n) is 2.38. The van der Waals surface area contributed by atoms with Gasteiger partial charge in [0.2, 0.25) is 0 Å². The first-order valence-corrected chi connectivity index (χ1v) is 3.53. The van der Waals surface area contributed by atoms with Gasteiger partial charge in [-0.2, -0.15) is 10.2 Å². The maximum Gasteiger partial charge on any atom is 0.0489 e. The molecule has 1 aromatic rings. The van der Waals surface area contributed by atoms with E-state index in [2.05, 4.69) is 10.2 Å². The molecule has 0 spiro atoms. The zero-order valence-electron chi connectivity index (χ0n) is 6.57. The van der Waals surface area contributed by atoms with E-state index in [1.807, 2.05) is 23.9 Å². The molecule has 0 amide bonds. The summed E-state index contributed by atoms with van der Waals surface area (Å²) in [7, 11) is 0. The van der Waals surface area contributed by atoms with Crippen molar-refractivity contribution in [1.29, 1.82) is 0 Å². The molecule has 0 unspecified atom stereocenters. The molecule has 0 aliphatic heterocycles. The van der Waals surface area contributed by atoms with E-state index in [1.54, 1.807) is 6.20 Å². The van der Waals surface area contributed by atoms with Crippen molar-refractivity contribution >= 4 is 5.71 Å². The third kappa shape index (κ3) is 2.41. The molecule has 0 bridgehead atoms. The van der Waals surface area contributed by atoms with Crippen LogP contribution in [0.1, 0.15) is 13.3 Å². The van der Waals surface area contributed by atoms with E-state index in [4.69, 9.17) is 5.84 Å². The predicted molar refractivity (Wildman–Crippen MR) is 44.1 cm³/mol. The van der Waals surface area contributed by atoms with Gasteiger partial charge in [0.25, 0.3) is 0 Å². The number of rotatable bonds is 3. The SMILES string of the molecule is C/C(CCn1cccn1)=N/N. The van der Waals surface area contributed by atoms with Gasteiger partial charge in [-0.3, -0.25) is 4.68 Å². The largest absolute Gasteiger partial charge is 0.323 e. The minimum absolute atomic E-state index is 0.847. The third-order valence-corrected chi connectivity index (χ3v) is 1.48. The standard InChI is InChI=1S/C7H12N4/c1-7(10-8)3-6-11-5-2-4-9-11/h2,4-5H,3,6,8H2,1H3/b10-7-. The number of aromatic nitrogens is 2. The third-order valence-electron chi connectivity index (χ3n) is 1.48. The Kier molecular flexibility index (Phi) is 2.66. The van der Waals surface area contributed by atoms with Crippen LogP contribution in [0.5, 0.6) is 0 Å². The molecule has 1 heterocycles. The number of hydrogen-bond acceptors (Lipinski definition) is 3. The molecule has 0 fully saturated rings. The van der Waals surface area contributed by atoms with Gasteiger partial charge in [0, 0.05) is 31.1 Å². The summed E-state index contributed by atoms with van der Waals surface area (Å²) in [5, 5.41) is 7.61. The Bertz CT molecular complexity index is 225. The average molecular weight is 152 g/mol. The molecule has 0 aliphatic rings. The highest BCUT2D eigenvalue weighted by atomic mass is 15.3. The van der Waals surface area contributed by atoms with Crippen LogP contribution in [0.25, 0.3) is 0 Å². The molecular weight excluding hydrogens is 140 g/mol. The maximum absolute atomic E-state index is 5.07. The summed E-state index contributed by atoms with van der Waals surface area (Å²) in [6, 6.07) is 1.90. The monoisotopic (exact) mass is 152 g/mol. The first-order chi connectivity index (χ1) is 5.33. The van der Waals surface area contributed by atoms with Gasteiger partial charge in [0.05, 0.1) is 0 Å². The second-order valence-corrected chi connectivity index (χ2v) is 2.38. The molecule has 1 aromatic heterocycles. The van der Waals surface area contributed by atoms with E-state index in [0.717, 1.165) is 18.7 Å². The van der Waals surface area contributed by atoms with Crippen molar-refractivity contribution in [2.45, 2.75) is 19.9 Å². The number of hydrogen-bond donors (Lipinski definition) is 1. The van der Waals surface area contributed by atoms with Crippen LogP contribution >= 0.6 is 0 Å². The van der Waals surface area contributed by atoms with Crippen molar-refractivity contribution in [3.63, 3.8) is 0 Å². The summed E-state index contributed by atoms with van der Waals surface area (Å²) >= 11 is 0. The molecule has 1 rings (SSSR count). The first kappa shape index (κ1) is 7.78. The summed E-state index contributed by atoms with van der Waals surface area (Å²) in [5.74, 6) is 5.07. The van der Waals surface area contributed by atoms with Crippen molar-refractivity contribution in [2.75, 3.05) is 0 Å². The zero-order valence-corrected chi connectivity index (χ0v) is 6.57. The van der Waals surface area contributed by atoms with Crippen molar-refractivity contribution < 1.29 is 0 Å². The van der Waals surface area contributed by atoms with E-state index >= 15 is 0 Å². The Morgan fingerprint density at radius 2 is 2.55 bits per heavy atom. The quantitative estimate of drug-likeness (QED) is 0.392. The Morgan fingerprint density at radius 3 is 3.09 bits per heavy atom. The number of aryl methyl sites for hydroxylation is 1. The van der Waals surface area contributed by atoms with Crippen molar-refractivity contribution in [3.05, 3.63) is 18.5 Å². The van der Waals surface area contributed by atoms with E-state index in [-0.39, 0.29) is 0 Å². The molecule has 0 saturated carbocycles. The number of hydrazone groups is 1. The highest BCUT2D eigenvalue weighted by Crippen LogP contribution is 1.90.